The van der Waals surface area contributed by atoms with E-state index in [-0.39, 0.29) is 5.41 Å². The van der Waals surface area contributed by atoms with Crippen LogP contribution < -0.4 is 4.90 Å². The van der Waals surface area contributed by atoms with Gasteiger partial charge in [0.2, 0.25) is 0 Å². The van der Waals surface area contributed by atoms with Crippen molar-refractivity contribution in [3.05, 3.63) is 365 Å². The fourth-order valence-corrected chi connectivity index (χ4v) is 14.1. The molecule has 0 heterocycles. The van der Waals surface area contributed by atoms with Gasteiger partial charge in [-0.05, 0) is 155 Å². The first-order valence-corrected chi connectivity index (χ1v) is 27.0. The maximum Gasteiger partial charge on any atom is 0.0714 e. The van der Waals surface area contributed by atoms with Crippen molar-refractivity contribution in [2.45, 2.75) is 23.2 Å². The number of fused-ring (bicyclic) bond motifs is 9. The summed E-state index contributed by atoms with van der Waals surface area (Å²) in [5.74, 6) is 0. The van der Waals surface area contributed by atoms with Crippen LogP contribution in [0.25, 0.3) is 44.5 Å². The summed E-state index contributed by atoms with van der Waals surface area (Å²) in [5.41, 5.74) is 26.0. The van der Waals surface area contributed by atoms with Gasteiger partial charge in [-0.1, -0.05) is 261 Å². The van der Waals surface area contributed by atoms with Gasteiger partial charge in [-0.15, -0.1) is 0 Å². The van der Waals surface area contributed by atoms with Crippen LogP contribution in [0.1, 0.15) is 68.1 Å². The lowest BCUT2D eigenvalue weighted by molar-refractivity contribution is 0.714. The molecule has 12 aromatic rings. The average Bonchev–Trinajstić information content (AvgIpc) is 4.29. The monoisotopic (exact) mass is 979 g/mol. The molecule has 0 aliphatic heterocycles. The Morgan fingerprint density at radius 2 is 0.532 bits per heavy atom. The van der Waals surface area contributed by atoms with Crippen LogP contribution in [0, 0.1) is 0 Å². The van der Waals surface area contributed by atoms with E-state index in [9.17, 15) is 0 Å². The molecule has 1 heteroatoms. The van der Waals surface area contributed by atoms with E-state index in [2.05, 4.69) is 315 Å². The van der Waals surface area contributed by atoms with Gasteiger partial charge in [-0.25, -0.2) is 0 Å². The van der Waals surface area contributed by atoms with Crippen LogP contribution in [0.2, 0.25) is 0 Å². The Kier molecular flexibility index (Phi) is 10.2. The van der Waals surface area contributed by atoms with Crippen LogP contribution in [0.3, 0.4) is 0 Å². The summed E-state index contributed by atoms with van der Waals surface area (Å²) in [6, 6.07) is 113. The molecule has 0 bridgehead atoms. The van der Waals surface area contributed by atoms with Crippen LogP contribution >= 0.6 is 0 Å². The van der Waals surface area contributed by atoms with E-state index >= 15 is 0 Å². The maximum absolute atomic E-state index is 2.50. The smallest absolute Gasteiger partial charge is 0.0714 e. The second kappa shape index (κ2) is 17.5. The zero-order valence-corrected chi connectivity index (χ0v) is 42.8. The van der Waals surface area contributed by atoms with Crippen molar-refractivity contribution in [2.75, 3.05) is 4.90 Å². The first-order valence-electron chi connectivity index (χ1n) is 27.0. The number of hydrogen-bond donors (Lipinski definition) is 0. The van der Waals surface area contributed by atoms with Crippen LogP contribution in [0.4, 0.5) is 17.1 Å². The van der Waals surface area contributed by atoms with Gasteiger partial charge < -0.3 is 4.90 Å². The van der Waals surface area contributed by atoms with Crippen molar-refractivity contribution >= 4 is 17.1 Å². The number of anilines is 3. The third-order valence-electron chi connectivity index (χ3n) is 17.5. The normalized spacial score (nSPS) is 15.6. The van der Waals surface area contributed by atoms with E-state index in [0.717, 1.165) is 17.1 Å². The summed E-state index contributed by atoms with van der Waals surface area (Å²) in [7, 11) is 0. The third-order valence-corrected chi connectivity index (χ3v) is 17.5. The van der Waals surface area contributed by atoms with Gasteiger partial charge in [-0.2, -0.15) is 0 Å². The summed E-state index contributed by atoms with van der Waals surface area (Å²) in [6.07, 6.45) is 0. The molecule has 0 radical (unpaired) electrons. The van der Waals surface area contributed by atoms with E-state index < -0.39 is 10.8 Å². The minimum atomic E-state index is -0.559. The van der Waals surface area contributed by atoms with E-state index in [4.69, 9.17) is 0 Å². The summed E-state index contributed by atoms with van der Waals surface area (Å²) < 4.78 is 0. The Morgan fingerprint density at radius 3 is 0.974 bits per heavy atom. The molecule has 0 saturated heterocycles. The third kappa shape index (κ3) is 6.47. The van der Waals surface area contributed by atoms with Crippen LogP contribution in [0.15, 0.2) is 303 Å². The molecule has 15 rings (SSSR count). The van der Waals surface area contributed by atoms with Crippen LogP contribution in [-0.2, 0) is 16.2 Å². The molecule has 0 N–H and O–H groups in total. The summed E-state index contributed by atoms with van der Waals surface area (Å²) >= 11 is 0. The van der Waals surface area contributed by atoms with Crippen molar-refractivity contribution in [3.8, 4) is 44.5 Å². The Morgan fingerprint density at radius 1 is 0.221 bits per heavy atom. The maximum atomic E-state index is 2.50. The molecule has 0 saturated carbocycles. The van der Waals surface area contributed by atoms with Gasteiger partial charge in [0.05, 0.1) is 10.8 Å². The molecule has 77 heavy (non-hydrogen) atoms. The molecule has 1 atom stereocenters. The highest BCUT2D eigenvalue weighted by molar-refractivity contribution is 5.93. The highest BCUT2D eigenvalue weighted by Crippen LogP contribution is 2.60. The van der Waals surface area contributed by atoms with Gasteiger partial charge in [0.15, 0.2) is 0 Å². The quantitative estimate of drug-likeness (QED) is 0.139. The number of rotatable bonds is 9. The minimum absolute atomic E-state index is 0.288. The van der Waals surface area contributed by atoms with Crippen molar-refractivity contribution in [1.82, 2.24) is 0 Å². The fraction of sp³-hybridized carbons (Fsp3) is 0.0526. The molecule has 3 aliphatic rings. The lowest BCUT2D eigenvalue weighted by Gasteiger charge is -2.36. The molecule has 0 aromatic heterocycles. The Hall–Kier alpha value is -9.56. The molecule has 362 valence electrons. The van der Waals surface area contributed by atoms with Gasteiger partial charge >= 0.3 is 0 Å². The summed E-state index contributed by atoms with van der Waals surface area (Å²) in [4.78, 5) is 2.50. The van der Waals surface area contributed by atoms with Gasteiger partial charge in [-0.3, -0.25) is 0 Å². The first-order chi connectivity index (χ1) is 38.1. The van der Waals surface area contributed by atoms with E-state index in [0.29, 0.717) is 0 Å². The van der Waals surface area contributed by atoms with Gasteiger partial charge in [0.1, 0.15) is 0 Å². The number of benzene rings is 12. The molecule has 0 amide bonds. The highest BCUT2D eigenvalue weighted by Gasteiger charge is 2.48. The Labute approximate surface area is 451 Å². The minimum Gasteiger partial charge on any atom is -0.310 e. The second-order valence-corrected chi connectivity index (χ2v) is 21.2. The average molecular weight is 980 g/mol. The summed E-state index contributed by atoms with van der Waals surface area (Å²) in [6.45, 7) is 2.40. The van der Waals surface area contributed by atoms with Crippen molar-refractivity contribution < 1.29 is 0 Å². The Bertz CT molecular complexity index is 3940. The Balaban J connectivity index is 0.950. The molecule has 1 nitrogen and oxygen atoms in total. The molecule has 0 fully saturated rings. The largest absolute Gasteiger partial charge is 0.310 e. The SMILES string of the molecule is CC1(c2ccccc2)c2ccccc2-c2ccc(-c3ccc(N(c4ccc5c(c4)C(c4ccccc4)(c4ccccc4)c4ccccc4-5)c4ccc5c(c4)C(c4ccccc4)(c4ccccc4)c4ccccc4-5)cc3)cc21. The zero-order valence-electron chi connectivity index (χ0n) is 42.8. The lowest BCUT2D eigenvalue weighted by Crippen LogP contribution is -2.29. The first kappa shape index (κ1) is 44.9. The van der Waals surface area contributed by atoms with E-state index in [1.54, 1.807) is 0 Å². The lowest BCUT2D eigenvalue weighted by atomic mass is 9.67. The second-order valence-electron chi connectivity index (χ2n) is 21.2. The van der Waals surface area contributed by atoms with Crippen molar-refractivity contribution in [2.24, 2.45) is 0 Å². The fourth-order valence-electron chi connectivity index (χ4n) is 14.1. The van der Waals surface area contributed by atoms with Crippen molar-refractivity contribution in [3.63, 3.8) is 0 Å². The van der Waals surface area contributed by atoms with E-state index in [1.807, 2.05) is 0 Å². The molecule has 12 aromatic carbocycles. The number of nitrogens with zero attached hydrogens (tertiary/aromatic N) is 1. The molecular formula is C76H53N. The van der Waals surface area contributed by atoms with Crippen molar-refractivity contribution in [1.29, 1.82) is 0 Å². The van der Waals surface area contributed by atoms with Crippen LogP contribution in [0.5, 0.6) is 0 Å². The predicted octanol–water partition coefficient (Wildman–Crippen LogP) is 18.9. The van der Waals surface area contributed by atoms with Crippen LogP contribution in [-0.4, -0.2) is 0 Å². The molecule has 3 aliphatic carbocycles. The number of hydrogen-bond acceptors (Lipinski definition) is 1. The predicted molar refractivity (Wildman–Crippen MR) is 319 cm³/mol. The molecule has 0 spiro atoms. The highest BCUT2D eigenvalue weighted by atomic mass is 15.1. The van der Waals surface area contributed by atoms with Gasteiger partial charge in [0.25, 0.3) is 0 Å². The van der Waals surface area contributed by atoms with Gasteiger partial charge in [0, 0.05) is 22.5 Å². The topological polar surface area (TPSA) is 3.24 Å². The standard InChI is InChI=1S/C76H53N/c1-74(54-23-7-2-8-24-54)68-36-20-17-33-62(68)65-46-41-53(49-71(65)74)52-39-42-59(43-40-52)77(60-44-47-66-63-34-18-21-37-69(63)75(72(66)50-60,55-25-9-3-10-26-55)56-27-11-4-12-28-56)61-45-48-67-64-35-19-22-38-70(64)76(73(67)51-61,57-29-13-5-14-30-57)58-31-15-6-16-32-58/h2-51H,1H3. The van der Waals surface area contributed by atoms with E-state index in [1.165, 1.54) is 106 Å². The molecule has 1 unspecified atom stereocenters. The molecular weight excluding hydrogens is 927 g/mol. The zero-order chi connectivity index (χ0) is 51.1. The summed E-state index contributed by atoms with van der Waals surface area (Å²) in [5, 5.41) is 0.